The Balaban J connectivity index is 2.27. The maximum Gasteiger partial charge on any atom is 0.0722 e. The molecule has 2 rings (SSSR count). The third-order valence-corrected chi connectivity index (χ3v) is 4.22. The van der Waals surface area contributed by atoms with Crippen LogP contribution in [0.2, 0.25) is 0 Å². The monoisotopic (exact) mass is 206 g/mol. The minimum atomic E-state index is -0.0197. The van der Waals surface area contributed by atoms with Gasteiger partial charge in [-0.3, -0.25) is 0 Å². The van der Waals surface area contributed by atoms with Crippen LogP contribution in [-0.4, -0.2) is 12.7 Å². The summed E-state index contributed by atoms with van der Waals surface area (Å²) in [6.07, 6.45) is 7.11. The molecule has 0 spiro atoms. The van der Waals surface area contributed by atoms with Crippen LogP contribution in [0, 0.1) is 11.8 Å². The van der Waals surface area contributed by atoms with E-state index in [1.54, 1.807) is 5.57 Å². The van der Waals surface area contributed by atoms with Gasteiger partial charge in [-0.1, -0.05) is 30.7 Å². The van der Waals surface area contributed by atoms with Gasteiger partial charge in [0.2, 0.25) is 0 Å². The van der Waals surface area contributed by atoms with Gasteiger partial charge in [-0.15, -0.1) is 0 Å². The summed E-state index contributed by atoms with van der Waals surface area (Å²) in [5.74, 6) is 1.41. The molecule has 1 fully saturated rings. The van der Waals surface area contributed by atoms with Crippen LogP contribution in [0.15, 0.2) is 23.8 Å². The number of allylic oxidation sites excluding steroid dienone is 1. The predicted octanol–water partition coefficient (Wildman–Crippen LogP) is 3.71. The van der Waals surface area contributed by atoms with E-state index in [0.29, 0.717) is 5.92 Å². The van der Waals surface area contributed by atoms with Crippen molar-refractivity contribution in [3.8, 4) is 0 Å². The zero-order chi connectivity index (χ0) is 11.1. The fraction of sp³-hybridized carbons (Fsp3) is 0.714. The van der Waals surface area contributed by atoms with Crippen LogP contribution in [0.3, 0.4) is 0 Å². The van der Waals surface area contributed by atoms with Crippen molar-refractivity contribution in [2.45, 2.75) is 45.1 Å². The highest BCUT2D eigenvalue weighted by molar-refractivity contribution is 5.29. The molecule has 0 N–H and O–H groups in total. The Kier molecular flexibility index (Phi) is 2.76. The second-order valence-corrected chi connectivity index (χ2v) is 5.43. The van der Waals surface area contributed by atoms with Crippen molar-refractivity contribution in [2.24, 2.45) is 11.8 Å². The van der Waals surface area contributed by atoms with Gasteiger partial charge in [0.15, 0.2) is 0 Å². The number of rotatable bonds is 1. The van der Waals surface area contributed by atoms with E-state index in [1.807, 2.05) is 7.11 Å². The molecule has 0 bridgehead atoms. The van der Waals surface area contributed by atoms with E-state index < -0.39 is 0 Å². The Morgan fingerprint density at radius 2 is 2.20 bits per heavy atom. The lowest BCUT2D eigenvalue weighted by Gasteiger charge is -2.27. The zero-order valence-electron chi connectivity index (χ0n) is 10.2. The van der Waals surface area contributed by atoms with Crippen molar-refractivity contribution in [1.29, 1.82) is 0 Å². The maximum atomic E-state index is 5.62. The average Bonchev–Trinajstić information content (AvgIpc) is 2.50. The van der Waals surface area contributed by atoms with Crippen molar-refractivity contribution in [2.75, 3.05) is 7.11 Å². The molecule has 0 aromatic carbocycles. The average molecular weight is 206 g/mol. The highest BCUT2D eigenvalue weighted by Crippen LogP contribution is 2.45. The smallest absolute Gasteiger partial charge is 0.0722 e. The molecule has 0 aromatic heterocycles. The van der Waals surface area contributed by atoms with E-state index in [1.165, 1.54) is 18.4 Å². The minimum absolute atomic E-state index is 0.0197. The second kappa shape index (κ2) is 3.79. The van der Waals surface area contributed by atoms with Crippen LogP contribution in [0.25, 0.3) is 0 Å². The lowest BCUT2D eigenvalue weighted by atomic mass is 9.89. The van der Waals surface area contributed by atoms with Crippen molar-refractivity contribution < 1.29 is 4.74 Å². The van der Waals surface area contributed by atoms with Crippen LogP contribution in [0.4, 0.5) is 0 Å². The maximum absolute atomic E-state index is 5.62. The molecule has 0 heterocycles. The molecule has 1 heteroatoms. The largest absolute Gasteiger partial charge is 0.378 e. The van der Waals surface area contributed by atoms with Gasteiger partial charge in [0.1, 0.15) is 0 Å². The van der Waals surface area contributed by atoms with E-state index in [9.17, 15) is 0 Å². The molecule has 3 atom stereocenters. The van der Waals surface area contributed by atoms with Gasteiger partial charge in [0.25, 0.3) is 0 Å². The van der Waals surface area contributed by atoms with Gasteiger partial charge in [0, 0.05) is 13.0 Å². The van der Waals surface area contributed by atoms with E-state index in [2.05, 4.69) is 26.5 Å². The third-order valence-electron chi connectivity index (χ3n) is 4.22. The summed E-state index contributed by atoms with van der Waals surface area (Å²) >= 11 is 0. The predicted molar refractivity (Wildman–Crippen MR) is 63.8 cm³/mol. The van der Waals surface area contributed by atoms with Crippen LogP contribution in [-0.2, 0) is 4.74 Å². The Morgan fingerprint density at radius 1 is 1.47 bits per heavy atom. The zero-order valence-corrected chi connectivity index (χ0v) is 10.2. The van der Waals surface area contributed by atoms with Gasteiger partial charge < -0.3 is 4.74 Å². The molecule has 2 aliphatic carbocycles. The van der Waals surface area contributed by atoms with Gasteiger partial charge in [0.05, 0.1) is 5.60 Å². The molecule has 1 saturated carbocycles. The van der Waals surface area contributed by atoms with Crippen molar-refractivity contribution in [3.05, 3.63) is 23.8 Å². The first-order valence-corrected chi connectivity index (χ1v) is 5.98. The highest BCUT2D eigenvalue weighted by Gasteiger charge is 2.36. The summed E-state index contributed by atoms with van der Waals surface area (Å²) in [7, 11) is 1.82. The molecular weight excluding hydrogens is 184 g/mol. The lowest BCUT2D eigenvalue weighted by molar-refractivity contribution is 0.00908. The number of hydrogen-bond donors (Lipinski definition) is 0. The normalized spacial score (nSPS) is 41.0. The molecule has 15 heavy (non-hydrogen) atoms. The highest BCUT2D eigenvalue weighted by atomic mass is 16.5. The standard InChI is InChI=1S/C14H22O/c1-10-5-6-12-11(2)9-14(3,15-4)8-7-13(10)12/h7,10,12H,2,5-6,8-9H2,1,3-4H3. The van der Waals surface area contributed by atoms with E-state index in [0.717, 1.165) is 18.8 Å². The summed E-state index contributed by atoms with van der Waals surface area (Å²) in [6, 6.07) is 0. The Hall–Kier alpha value is -0.560. The second-order valence-electron chi connectivity index (χ2n) is 5.43. The summed E-state index contributed by atoms with van der Waals surface area (Å²) in [6.45, 7) is 8.81. The fourth-order valence-corrected chi connectivity index (χ4v) is 3.04. The van der Waals surface area contributed by atoms with Gasteiger partial charge in [-0.25, -0.2) is 0 Å². The first kappa shape index (κ1) is 10.9. The van der Waals surface area contributed by atoms with Gasteiger partial charge in [-0.05, 0) is 38.5 Å². The Labute approximate surface area is 93.2 Å². The Morgan fingerprint density at radius 3 is 2.87 bits per heavy atom. The number of hydrogen-bond acceptors (Lipinski definition) is 1. The molecule has 0 aromatic rings. The summed E-state index contributed by atoms with van der Waals surface area (Å²) in [4.78, 5) is 0. The molecule has 0 radical (unpaired) electrons. The quantitative estimate of drug-likeness (QED) is 0.594. The molecule has 2 aliphatic rings. The molecular formula is C14H22O. The van der Waals surface area contributed by atoms with Crippen molar-refractivity contribution in [3.63, 3.8) is 0 Å². The van der Waals surface area contributed by atoms with E-state index in [4.69, 9.17) is 4.74 Å². The van der Waals surface area contributed by atoms with Crippen LogP contribution < -0.4 is 0 Å². The molecule has 0 saturated heterocycles. The van der Waals surface area contributed by atoms with E-state index >= 15 is 0 Å². The van der Waals surface area contributed by atoms with Crippen LogP contribution in [0.1, 0.15) is 39.5 Å². The summed E-state index contributed by atoms with van der Waals surface area (Å²) in [5.41, 5.74) is 2.99. The van der Waals surface area contributed by atoms with Crippen molar-refractivity contribution >= 4 is 0 Å². The first-order valence-electron chi connectivity index (χ1n) is 5.98. The third kappa shape index (κ3) is 1.90. The molecule has 1 nitrogen and oxygen atoms in total. The van der Waals surface area contributed by atoms with Crippen molar-refractivity contribution in [1.82, 2.24) is 0 Å². The lowest BCUT2D eigenvalue weighted by Crippen LogP contribution is -2.26. The minimum Gasteiger partial charge on any atom is -0.378 e. The Bertz CT molecular complexity index is 302. The van der Waals surface area contributed by atoms with Gasteiger partial charge >= 0.3 is 0 Å². The summed E-state index contributed by atoms with van der Waals surface area (Å²) in [5, 5.41) is 0. The summed E-state index contributed by atoms with van der Waals surface area (Å²) < 4.78 is 5.62. The number of methoxy groups -OCH3 is 1. The van der Waals surface area contributed by atoms with Gasteiger partial charge in [-0.2, -0.15) is 0 Å². The number of ether oxygens (including phenoxy) is 1. The molecule has 0 aliphatic heterocycles. The molecule has 0 amide bonds. The molecule has 3 unspecified atom stereocenters. The fourth-order valence-electron chi connectivity index (χ4n) is 3.04. The molecule has 84 valence electrons. The van der Waals surface area contributed by atoms with Crippen LogP contribution in [0.5, 0.6) is 0 Å². The van der Waals surface area contributed by atoms with Crippen LogP contribution >= 0.6 is 0 Å². The first-order chi connectivity index (χ1) is 7.06. The van der Waals surface area contributed by atoms with E-state index in [-0.39, 0.29) is 5.60 Å². The number of fused-ring (bicyclic) bond motifs is 1. The topological polar surface area (TPSA) is 9.23 Å². The SMILES string of the molecule is C=C1CC(C)(OC)CC=C2C(C)CCC12.